The topological polar surface area (TPSA) is 77.5 Å². The molecule has 2 rings (SSSR count). The van der Waals surface area contributed by atoms with Gasteiger partial charge in [0.05, 0.1) is 5.02 Å². The van der Waals surface area contributed by atoms with E-state index in [9.17, 15) is 9.59 Å². The number of carbonyl (C=O) groups is 2. The van der Waals surface area contributed by atoms with Crippen molar-refractivity contribution in [3.63, 3.8) is 0 Å². The molecule has 1 amide bonds. The molecule has 0 radical (unpaired) electrons. The molecule has 1 heterocycles. The average molecular weight is 414 g/mol. The van der Waals surface area contributed by atoms with Gasteiger partial charge in [0, 0.05) is 10.7 Å². The number of amides is 1. The van der Waals surface area contributed by atoms with Crippen molar-refractivity contribution in [2.24, 2.45) is 0 Å². The highest BCUT2D eigenvalue weighted by atomic mass is 79.9. The van der Waals surface area contributed by atoms with E-state index in [1.165, 1.54) is 13.1 Å². The molecule has 0 aliphatic carbocycles. The molecular formula is C16H14BrClN2O4. The first-order chi connectivity index (χ1) is 11.4. The fourth-order valence-corrected chi connectivity index (χ4v) is 2.15. The lowest BCUT2D eigenvalue weighted by Gasteiger charge is -2.13. The number of nitrogens with zero attached hydrogens (tertiary/aromatic N) is 1. The molecule has 1 atom stereocenters. The first kappa shape index (κ1) is 18.2. The third-order valence-corrected chi connectivity index (χ3v) is 3.53. The first-order valence-electron chi connectivity index (χ1n) is 6.94. The van der Waals surface area contributed by atoms with Crippen LogP contribution in [0.4, 0.5) is 5.82 Å². The fraction of sp³-hybridized carbons (Fsp3) is 0.188. The summed E-state index contributed by atoms with van der Waals surface area (Å²) in [7, 11) is 0. The van der Waals surface area contributed by atoms with Crippen LogP contribution in [0.25, 0.3) is 0 Å². The van der Waals surface area contributed by atoms with Crippen LogP contribution in [0.1, 0.15) is 6.92 Å². The second-order valence-corrected chi connectivity index (χ2v) is 6.08. The van der Waals surface area contributed by atoms with Gasteiger partial charge in [0.15, 0.2) is 12.7 Å². The molecular weight excluding hydrogens is 400 g/mol. The van der Waals surface area contributed by atoms with Crippen molar-refractivity contribution in [1.82, 2.24) is 4.98 Å². The number of carbonyl (C=O) groups excluding carboxylic acids is 2. The Hall–Kier alpha value is -2.12. The Kier molecular flexibility index (Phi) is 6.57. The van der Waals surface area contributed by atoms with E-state index in [-0.39, 0.29) is 6.61 Å². The minimum absolute atomic E-state index is 0.298. The number of aromatic nitrogens is 1. The number of anilines is 1. The summed E-state index contributed by atoms with van der Waals surface area (Å²) in [4.78, 5) is 27.6. The van der Waals surface area contributed by atoms with Gasteiger partial charge in [-0.25, -0.2) is 9.78 Å². The first-order valence-corrected chi connectivity index (χ1v) is 8.11. The molecule has 0 unspecified atom stereocenters. The molecule has 0 aliphatic heterocycles. The van der Waals surface area contributed by atoms with E-state index < -0.39 is 18.0 Å². The summed E-state index contributed by atoms with van der Waals surface area (Å²) in [6, 6.07) is 10.2. The number of esters is 1. The van der Waals surface area contributed by atoms with Gasteiger partial charge in [-0.1, -0.05) is 33.6 Å². The van der Waals surface area contributed by atoms with Crippen LogP contribution >= 0.6 is 27.5 Å². The maximum Gasteiger partial charge on any atom is 0.344 e. The summed E-state index contributed by atoms with van der Waals surface area (Å²) in [5, 5.41) is 2.98. The van der Waals surface area contributed by atoms with E-state index in [4.69, 9.17) is 21.1 Å². The van der Waals surface area contributed by atoms with Crippen molar-refractivity contribution in [2.75, 3.05) is 11.9 Å². The van der Waals surface area contributed by atoms with Gasteiger partial charge in [0.25, 0.3) is 5.91 Å². The molecule has 6 nitrogen and oxygen atoms in total. The molecule has 1 N–H and O–H groups in total. The molecule has 0 fully saturated rings. The normalized spacial score (nSPS) is 11.5. The van der Waals surface area contributed by atoms with Gasteiger partial charge in [-0.05, 0) is 37.3 Å². The molecule has 24 heavy (non-hydrogen) atoms. The summed E-state index contributed by atoms with van der Waals surface area (Å²) in [5.41, 5.74) is 0. The molecule has 0 saturated heterocycles. The predicted molar refractivity (Wildman–Crippen MR) is 93.1 cm³/mol. The zero-order valence-corrected chi connectivity index (χ0v) is 15.0. The second-order valence-electron chi connectivity index (χ2n) is 4.73. The van der Waals surface area contributed by atoms with Gasteiger partial charge in [-0.15, -0.1) is 0 Å². The Labute approximate surface area is 152 Å². The van der Waals surface area contributed by atoms with Crippen LogP contribution in [0.2, 0.25) is 5.02 Å². The quantitative estimate of drug-likeness (QED) is 0.734. The third kappa shape index (κ3) is 5.82. The molecule has 0 spiro atoms. The summed E-state index contributed by atoms with van der Waals surface area (Å²) in [6.07, 6.45) is 0.417. The number of hydrogen-bond donors (Lipinski definition) is 1. The van der Waals surface area contributed by atoms with Crippen LogP contribution in [-0.4, -0.2) is 29.6 Å². The molecule has 2 aromatic rings. The van der Waals surface area contributed by atoms with Gasteiger partial charge in [-0.2, -0.15) is 0 Å². The van der Waals surface area contributed by atoms with E-state index in [2.05, 4.69) is 26.2 Å². The number of halogens is 2. The molecule has 8 heteroatoms. The Balaban J connectivity index is 1.80. The zero-order valence-electron chi connectivity index (χ0n) is 12.7. The summed E-state index contributed by atoms with van der Waals surface area (Å²) in [6.45, 7) is 1.16. The minimum atomic E-state index is -0.985. The predicted octanol–water partition coefficient (Wildman–Crippen LogP) is 3.45. The van der Waals surface area contributed by atoms with Crippen LogP contribution in [0, 0.1) is 0 Å². The fourth-order valence-electron chi connectivity index (χ4n) is 1.66. The van der Waals surface area contributed by atoms with Crippen molar-refractivity contribution >= 4 is 45.2 Å². The number of hydrogen-bond acceptors (Lipinski definition) is 5. The van der Waals surface area contributed by atoms with Crippen LogP contribution in [-0.2, 0) is 14.3 Å². The maximum absolute atomic E-state index is 11.9. The van der Waals surface area contributed by atoms with Gasteiger partial charge < -0.3 is 14.8 Å². The zero-order chi connectivity index (χ0) is 17.5. The van der Waals surface area contributed by atoms with Crippen LogP contribution in [0.3, 0.4) is 0 Å². The lowest BCUT2D eigenvalue weighted by atomic mass is 10.3. The van der Waals surface area contributed by atoms with Crippen molar-refractivity contribution in [3.05, 3.63) is 52.1 Å². The van der Waals surface area contributed by atoms with E-state index in [1.54, 1.807) is 30.3 Å². The van der Waals surface area contributed by atoms with E-state index in [1.807, 2.05) is 6.07 Å². The highest BCUT2D eigenvalue weighted by molar-refractivity contribution is 9.10. The SMILES string of the molecule is C[C@@H](OC(=O)COc1cccc(Br)c1)C(=O)Nc1ccc(Cl)cn1. The number of pyridine rings is 1. The second kappa shape index (κ2) is 8.65. The number of rotatable bonds is 6. The highest BCUT2D eigenvalue weighted by Crippen LogP contribution is 2.17. The van der Waals surface area contributed by atoms with Gasteiger partial charge in [0.1, 0.15) is 11.6 Å². The molecule has 0 aliphatic rings. The maximum atomic E-state index is 11.9. The van der Waals surface area contributed by atoms with E-state index in [0.29, 0.717) is 16.6 Å². The Morgan fingerprint density at radius 3 is 2.79 bits per heavy atom. The van der Waals surface area contributed by atoms with Crippen molar-refractivity contribution in [3.8, 4) is 5.75 Å². The molecule has 0 bridgehead atoms. The van der Waals surface area contributed by atoms with Gasteiger partial charge >= 0.3 is 5.97 Å². The Bertz CT molecular complexity index is 724. The van der Waals surface area contributed by atoms with E-state index >= 15 is 0 Å². The van der Waals surface area contributed by atoms with Crippen LogP contribution in [0.15, 0.2) is 47.1 Å². The standard InChI is InChI=1S/C16H14BrClN2O4/c1-10(16(22)20-14-6-5-12(18)8-19-14)24-15(21)9-23-13-4-2-3-11(17)7-13/h2-8,10H,9H2,1H3,(H,19,20,22)/t10-/m1/s1. The highest BCUT2D eigenvalue weighted by Gasteiger charge is 2.18. The Morgan fingerprint density at radius 1 is 1.33 bits per heavy atom. The molecule has 126 valence electrons. The third-order valence-electron chi connectivity index (χ3n) is 2.81. The largest absolute Gasteiger partial charge is 0.482 e. The number of ether oxygens (including phenoxy) is 2. The molecule has 0 saturated carbocycles. The molecule has 1 aromatic carbocycles. The van der Waals surface area contributed by atoms with Crippen LogP contribution in [0.5, 0.6) is 5.75 Å². The van der Waals surface area contributed by atoms with E-state index in [0.717, 1.165) is 4.47 Å². The number of nitrogens with one attached hydrogen (secondary N) is 1. The number of benzene rings is 1. The van der Waals surface area contributed by atoms with Crippen molar-refractivity contribution in [1.29, 1.82) is 0 Å². The lowest BCUT2D eigenvalue weighted by Crippen LogP contribution is -2.31. The monoisotopic (exact) mass is 412 g/mol. The summed E-state index contributed by atoms with van der Waals surface area (Å²) < 4.78 is 11.1. The summed E-state index contributed by atoms with van der Waals surface area (Å²) >= 11 is 9.01. The van der Waals surface area contributed by atoms with Gasteiger partial charge in [-0.3, -0.25) is 4.79 Å². The lowest BCUT2D eigenvalue weighted by molar-refractivity contribution is -0.155. The minimum Gasteiger partial charge on any atom is -0.482 e. The molecule has 1 aromatic heterocycles. The summed E-state index contributed by atoms with van der Waals surface area (Å²) in [5.74, 6) is -0.316. The average Bonchev–Trinajstić information content (AvgIpc) is 2.55. The Morgan fingerprint density at radius 2 is 2.12 bits per heavy atom. The van der Waals surface area contributed by atoms with Crippen molar-refractivity contribution < 1.29 is 19.1 Å². The van der Waals surface area contributed by atoms with Crippen LogP contribution < -0.4 is 10.1 Å². The van der Waals surface area contributed by atoms with Gasteiger partial charge in [0.2, 0.25) is 0 Å². The van der Waals surface area contributed by atoms with Crippen molar-refractivity contribution in [2.45, 2.75) is 13.0 Å². The smallest absolute Gasteiger partial charge is 0.344 e.